The Morgan fingerprint density at radius 3 is 2.17 bits per heavy atom. The third kappa shape index (κ3) is 4.33. The molecule has 2 aromatic rings. The Hall–Kier alpha value is -2.39. The van der Waals surface area contributed by atoms with Crippen molar-refractivity contribution in [2.24, 2.45) is 5.14 Å². The number of halogens is 3. The highest BCUT2D eigenvalue weighted by atomic mass is 32.2. The summed E-state index contributed by atoms with van der Waals surface area (Å²) in [5, 5.41) is 4.92. The largest absolute Gasteiger partial charge is 0.457 e. The molecule has 128 valence electrons. The van der Waals surface area contributed by atoms with Gasteiger partial charge in [-0.2, -0.15) is 13.2 Å². The molecule has 0 amide bonds. The molecule has 0 unspecified atom stereocenters. The summed E-state index contributed by atoms with van der Waals surface area (Å²) >= 11 is 0. The van der Waals surface area contributed by atoms with Crippen LogP contribution >= 0.6 is 0 Å². The number of benzene rings is 2. The van der Waals surface area contributed by atoms with Gasteiger partial charge in [-0.05, 0) is 30.3 Å². The topological polar surface area (TPSA) is 86.5 Å². The highest BCUT2D eigenvalue weighted by molar-refractivity contribution is 7.89. The van der Waals surface area contributed by atoms with Crippen LogP contribution in [0.1, 0.15) is 21.5 Å². The van der Waals surface area contributed by atoms with Crippen molar-refractivity contribution < 1.29 is 31.1 Å². The predicted octanol–water partition coefficient (Wildman–Crippen LogP) is 2.71. The summed E-state index contributed by atoms with van der Waals surface area (Å²) < 4.78 is 65.6. The van der Waals surface area contributed by atoms with Crippen molar-refractivity contribution in [1.82, 2.24) is 0 Å². The van der Waals surface area contributed by atoms with Gasteiger partial charge in [-0.3, -0.25) is 0 Å². The van der Waals surface area contributed by atoms with E-state index in [2.05, 4.69) is 0 Å². The first kappa shape index (κ1) is 18.0. The van der Waals surface area contributed by atoms with Gasteiger partial charge in [0.2, 0.25) is 10.0 Å². The number of hydrogen-bond acceptors (Lipinski definition) is 4. The second kappa shape index (κ2) is 6.62. The standard InChI is InChI=1S/C15H12F3NO4S/c16-15(17,18)13-4-2-1-3-11(13)9-23-14(20)10-5-7-12(8-6-10)24(19,21)22/h1-8H,9H2,(H2,19,21,22). The van der Waals surface area contributed by atoms with Gasteiger partial charge in [0, 0.05) is 5.56 Å². The number of primary sulfonamides is 1. The maximum atomic E-state index is 12.8. The molecule has 0 saturated heterocycles. The molecule has 0 atom stereocenters. The van der Waals surface area contributed by atoms with E-state index in [-0.39, 0.29) is 16.0 Å². The van der Waals surface area contributed by atoms with Crippen LogP contribution in [-0.2, 0) is 27.5 Å². The fraction of sp³-hybridized carbons (Fsp3) is 0.133. The van der Waals surface area contributed by atoms with E-state index in [0.29, 0.717) is 0 Å². The lowest BCUT2D eigenvalue weighted by atomic mass is 10.1. The number of carbonyl (C=O) groups excluding carboxylic acids is 1. The number of ether oxygens (including phenoxy) is 1. The van der Waals surface area contributed by atoms with Crippen molar-refractivity contribution in [2.75, 3.05) is 0 Å². The van der Waals surface area contributed by atoms with E-state index >= 15 is 0 Å². The van der Waals surface area contributed by atoms with Gasteiger partial charge in [0.15, 0.2) is 0 Å². The lowest BCUT2D eigenvalue weighted by Gasteiger charge is -2.12. The maximum absolute atomic E-state index is 12.8. The highest BCUT2D eigenvalue weighted by Gasteiger charge is 2.33. The summed E-state index contributed by atoms with van der Waals surface area (Å²) in [6, 6.07) is 9.28. The van der Waals surface area contributed by atoms with Crippen LogP contribution < -0.4 is 5.14 Å². The lowest BCUT2D eigenvalue weighted by molar-refractivity contribution is -0.138. The van der Waals surface area contributed by atoms with Crippen LogP contribution in [-0.4, -0.2) is 14.4 Å². The second-order valence-corrected chi connectivity index (χ2v) is 6.36. The first-order valence-electron chi connectivity index (χ1n) is 6.54. The fourth-order valence-electron chi connectivity index (χ4n) is 1.93. The smallest absolute Gasteiger partial charge is 0.416 e. The number of esters is 1. The van der Waals surface area contributed by atoms with Crippen LogP contribution in [0.5, 0.6) is 0 Å². The number of alkyl halides is 3. The molecule has 0 radical (unpaired) electrons. The number of hydrogen-bond donors (Lipinski definition) is 1. The van der Waals surface area contributed by atoms with Crippen LogP contribution in [0.15, 0.2) is 53.4 Å². The van der Waals surface area contributed by atoms with Crippen LogP contribution in [0.2, 0.25) is 0 Å². The maximum Gasteiger partial charge on any atom is 0.416 e. The molecule has 2 N–H and O–H groups in total. The Labute approximate surface area is 135 Å². The van der Waals surface area contributed by atoms with Crippen molar-refractivity contribution in [2.45, 2.75) is 17.7 Å². The summed E-state index contributed by atoms with van der Waals surface area (Å²) in [6.07, 6.45) is -4.56. The molecule has 0 aliphatic rings. The van der Waals surface area contributed by atoms with Crippen molar-refractivity contribution in [3.63, 3.8) is 0 Å². The first-order chi connectivity index (χ1) is 11.1. The van der Waals surface area contributed by atoms with Crippen molar-refractivity contribution >= 4 is 16.0 Å². The van der Waals surface area contributed by atoms with Crippen molar-refractivity contribution in [3.05, 3.63) is 65.2 Å². The Morgan fingerprint density at radius 1 is 1.04 bits per heavy atom. The summed E-state index contributed by atoms with van der Waals surface area (Å²) in [5.41, 5.74) is -1.08. The predicted molar refractivity (Wildman–Crippen MR) is 78.4 cm³/mol. The molecule has 0 aromatic heterocycles. The zero-order chi connectivity index (χ0) is 18.0. The van der Waals surface area contributed by atoms with Gasteiger partial charge in [-0.15, -0.1) is 0 Å². The normalized spacial score (nSPS) is 12.0. The molecule has 2 rings (SSSR count). The Morgan fingerprint density at radius 2 is 1.62 bits per heavy atom. The quantitative estimate of drug-likeness (QED) is 0.851. The van der Waals surface area contributed by atoms with Gasteiger partial charge in [-0.1, -0.05) is 18.2 Å². The molecule has 0 bridgehead atoms. The van der Waals surface area contributed by atoms with Gasteiger partial charge in [0.1, 0.15) is 6.61 Å². The van der Waals surface area contributed by atoms with Gasteiger partial charge < -0.3 is 4.74 Å². The minimum Gasteiger partial charge on any atom is -0.457 e. The molecule has 24 heavy (non-hydrogen) atoms. The molecule has 2 aromatic carbocycles. The fourth-order valence-corrected chi connectivity index (χ4v) is 2.45. The molecule has 0 saturated carbocycles. The zero-order valence-corrected chi connectivity index (χ0v) is 12.9. The van der Waals surface area contributed by atoms with E-state index in [4.69, 9.17) is 9.88 Å². The van der Waals surface area contributed by atoms with Crippen LogP contribution in [0.4, 0.5) is 13.2 Å². The van der Waals surface area contributed by atoms with Gasteiger partial charge in [0.05, 0.1) is 16.0 Å². The van der Waals surface area contributed by atoms with Crippen LogP contribution in [0.3, 0.4) is 0 Å². The van der Waals surface area contributed by atoms with Crippen LogP contribution in [0.25, 0.3) is 0 Å². The van der Waals surface area contributed by atoms with E-state index in [1.54, 1.807) is 0 Å². The van der Waals surface area contributed by atoms with Crippen molar-refractivity contribution in [1.29, 1.82) is 0 Å². The van der Waals surface area contributed by atoms with E-state index in [0.717, 1.165) is 30.3 Å². The molecule has 0 fully saturated rings. The summed E-state index contributed by atoms with van der Waals surface area (Å²) in [4.78, 5) is 11.7. The van der Waals surface area contributed by atoms with Crippen LogP contribution in [0, 0.1) is 0 Å². The van der Waals surface area contributed by atoms with E-state index < -0.39 is 34.3 Å². The number of rotatable bonds is 4. The van der Waals surface area contributed by atoms with Gasteiger partial charge in [0.25, 0.3) is 0 Å². The molecular formula is C15H12F3NO4S. The molecule has 5 nitrogen and oxygen atoms in total. The summed E-state index contributed by atoms with van der Waals surface area (Å²) in [7, 11) is -3.90. The summed E-state index contributed by atoms with van der Waals surface area (Å²) in [6.45, 7) is -0.564. The average Bonchev–Trinajstić information content (AvgIpc) is 2.51. The Kier molecular flexibility index (Phi) is 4.95. The van der Waals surface area contributed by atoms with E-state index in [9.17, 15) is 26.4 Å². The minimum absolute atomic E-state index is 0.00751. The number of nitrogens with two attached hydrogens (primary N) is 1. The molecule has 0 heterocycles. The monoisotopic (exact) mass is 359 g/mol. The molecule has 0 aliphatic heterocycles. The average molecular weight is 359 g/mol. The van der Waals surface area contributed by atoms with Gasteiger partial charge in [-0.25, -0.2) is 18.4 Å². The molecule has 9 heteroatoms. The lowest BCUT2D eigenvalue weighted by Crippen LogP contribution is -2.13. The Bertz CT molecular complexity index is 846. The third-order valence-electron chi connectivity index (χ3n) is 3.10. The highest BCUT2D eigenvalue weighted by Crippen LogP contribution is 2.32. The minimum atomic E-state index is -4.56. The first-order valence-corrected chi connectivity index (χ1v) is 8.09. The molecular weight excluding hydrogens is 347 g/mol. The van der Waals surface area contributed by atoms with Crippen molar-refractivity contribution in [3.8, 4) is 0 Å². The zero-order valence-electron chi connectivity index (χ0n) is 12.1. The SMILES string of the molecule is NS(=O)(=O)c1ccc(C(=O)OCc2ccccc2C(F)(F)F)cc1. The Balaban J connectivity index is 2.12. The molecule has 0 spiro atoms. The van der Waals surface area contributed by atoms with E-state index in [1.165, 1.54) is 18.2 Å². The second-order valence-electron chi connectivity index (χ2n) is 4.80. The number of carbonyl (C=O) groups is 1. The van der Waals surface area contributed by atoms with Gasteiger partial charge >= 0.3 is 12.1 Å². The third-order valence-corrected chi connectivity index (χ3v) is 4.03. The number of sulfonamides is 1. The molecule has 0 aliphatic carbocycles. The van der Waals surface area contributed by atoms with E-state index in [1.807, 2.05) is 0 Å². The summed E-state index contributed by atoms with van der Waals surface area (Å²) in [5.74, 6) is -0.882.